The van der Waals surface area contributed by atoms with Gasteiger partial charge in [-0.05, 0) is 43.4 Å². The molecule has 9 heteroatoms. The number of nitrogens with zero attached hydrogens (tertiary/aromatic N) is 2. The summed E-state index contributed by atoms with van der Waals surface area (Å²) in [6.45, 7) is 4.67. The number of ether oxygens (including phenoxy) is 1. The Labute approximate surface area is 182 Å². The first-order valence-corrected chi connectivity index (χ1v) is 12.8. The van der Waals surface area contributed by atoms with Crippen molar-refractivity contribution in [3.05, 3.63) is 34.7 Å². The van der Waals surface area contributed by atoms with Crippen molar-refractivity contribution in [1.82, 2.24) is 9.21 Å². The van der Waals surface area contributed by atoms with E-state index in [1.807, 2.05) is 0 Å². The number of alkyl halides is 1. The molecule has 3 heterocycles. The molecular formula is C22H31F2N3O3S. The van der Waals surface area contributed by atoms with Crippen LogP contribution in [0.3, 0.4) is 0 Å². The third kappa shape index (κ3) is 3.93. The van der Waals surface area contributed by atoms with E-state index in [2.05, 4.69) is 4.90 Å². The first kappa shape index (κ1) is 21.7. The molecule has 0 spiro atoms. The second kappa shape index (κ2) is 8.02. The van der Waals surface area contributed by atoms with Crippen LogP contribution in [0.25, 0.3) is 0 Å². The van der Waals surface area contributed by atoms with Crippen LogP contribution < -0.4 is 5.73 Å². The van der Waals surface area contributed by atoms with Gasteiger partial charge in [0.1, 0.15) is 12.0 Å². The molecule has 1 saturated heterocycles. The topological polar surface area (TPSA) is 75.9 Å². The second-order valence-electron chi connectivity index (χ2n) is 9.64. The van der Waals surface area contributed by atoms with Crippen molar-refractivity contribution < 1.29 is 21.9 Å². The standard InChI is InChI=1S/C22H31F2N3O3S/c1-13-18(23)4-5-19(24)21(13)22-20(25)8-16(12-30-22)26-7-6-14-10-27(11-15(14)9-26)31(28,29)17-2-3-17/h4-5,13,16-18,20,22H,2-3,6-12,25H2,1H3. The molecule has 0 radical (unpaired) electrons. The van der Waals surface area contributed by atoms with Gasteiger partial charge in [0.2, 0.25) is 10.0 Å². The largest absolute Gasteiger partial charge is 0.370 e. The van der Waals surface area contributed by atoms with Gasteiger partial charge in [0.05, 0.1) is 18.0 Å². The summed E-state index contributed by atoms with van der Waals surface area (Å²) in [4.78, 5) is 2.31. The monoisotopic (exact) mass is 455 g/mol. The summed E-state index contributed by atoms with van der Waals surface area (Å²) in [5.74, 6) is -1.02. The highest BCUT2D eigenvalue weighted by molar-refractivity contribution is 7.90. The van der Waals surface area contributed by atoms with E-state index in [4.69, 9.17) is 10.5 Å². The van der Waals surface area contributed by atoms with Gasteiger partial charge in [-0.2, -0.15) is 4.31 Å². The molecule has 5 atom stereocenters. The fourth-order valence-electron chi connectivity index (χ4n) is 5.44. The highest BCUT2D eigenvalue weighted by Crippen LogP contribution is 2.38. The lowest BCUT2D eigenvalue weighted by molar-refractivity contribution is -0.0365. The Morgan fingerprint density at radius 1 is 1.19 bits per heavy atom. The first-order valence-electron chi connectivity index (χ1n) is 11.3. The van der Waals surface area contributed by atoms with E-state index in [1.54, 1.807) is 11.2 Å². The van der Waals surface area contributed by atoms with Crippen molar-refractivity contribution in [2.24, 2.45) is 11.7 Å². The Balaban J connectivity index is 1.22. The quantitative estimate of drug-likeness (QED) is 0.657. The van der Waals surface area contributed by atoms with Crippen molar-refractivity contribution in [3.8, 4) is 0 Å². The number of rotatable bonds is 4. The predicted molar refractivity (Wildman–Crippen MR) is 114 cm³/mol. The summed E-state index contributed by atoms with van der Waals surface area (Å²) in [5.41, 5.74) is 9.19. The lowest BCUT2D eigenvalue weighted by atomic mass is 9.82. The molecule has 0 aromatic carbocycles. The molecule has 2 aliphatic carbocycles. The van der Waals surface area contributed by atoms with Crippen LogP contribution in [0.1, 0.15) is 32.6 Å². The number of hydrogen-bond acceptors (Lipinski definition) is 5. The van der Waals surface area contributed by atoms with Crippen LogP contribution in [0.4, 0.5) is 8.78 Å². The SMILES string of the molecule is CC1C(C2OCC(N3CCC4=C(C3)CN(S(=O)(=O)C3CC3)C4)CC2N)=C(F)C=CC1F. The Bertz CT molecular complexity index is 944. The third-order valence-corrected chi connectivity index (χ3v) is 9.82. The lowest BCUT2D eigenvalue weighted by Crippen LogP contribution is -2.55. The molecule has 0 amide bonds. The van der Waals surface area contributed by atoms with Gasteiger partial charge in [-0.3, -0.25) is 4.90 Å². The number of allylic oxidation sites excluding steroid dienone is 3. The highest BCUT2D eigenvalue weighted by Gasteiger charge is 2.44. The van der Waals surface area contributed by atoms with Crippen molar-refractivity contribution in [2.75, 3.05) is 32.8 Å². The van der Waals surface area contributed by atoms with Gasteiger partial charge in [-0.25, -0.2) is 17.2 Å². The maximum absolute atomic E-state index is 14.4. The van der Waals surface area contributed by atoms with E-state index in [1.165, 1.54) is 23.3 Å². The minimum absolute atomic E-state index is 0.0914. The third-order valence-electron chi connectivity index (χ3n) is 7.53. The number of nitrogens with two attached hydrogens (primary N) is 1. The van der Waals surface area contributed by atoms with E-state index in [9.17, 15) is 17.2 Å². The Morgan fingerprint density at radius 2 is 1.94 bits per heavy atom. The van der Waals surface area contributed by atoms with Gasteiger partial charge in [0.15, 0.2) is 0 Å². The number of hydrogen-bond donors (Lipinski definition) is 1. The van der Waals surface area contributed by atoms with Gasteiger partial charge in [-0.1, -0.05) is 12.5 Å². The van der Waals surface area contributed by atoms with Crippen molar-refractivity contribution in [2.45, 2.75) is 62.2 Å². The van der Waals surface area contributed by atoms with Crippen LogP contribution in [0, 0.1) is 5.92 Å². The molecule has 3 aliphatic heterocycles. The van der Waals surface area contributed by atoms with Gasteiger partial charge in [0, 0.05) is 49.8 Å². The molecule has 2 N–H and O–H groups in total. The molecule has 31 heavy (non-hydrogen) atoms. The van der Waals surface area contributed by atoms with E-state index in [0.717, 1.165) is 32.4 Å². The number of sulfonamides is 1. The lowest BCUT2D eigenvalue weighted by Gasteiger charge is -2.43. The van der Waals surface area contributed by atoms with Crippen LogP contribution in [-0.2, 0) is 14.8 Å². The van der Waals surface area contributed by atoms with Crippen LogP contribution >= 0.6 is 0 Å². The molecule has 0 aromatic rings. The van der Waals surface area contributed by atoms with Gasteiger partial charge in [0.25, 0.3) is 0 Å². The molecule has 172 valence electrons. The van der Waals surface area contributed by atoms with Crippen molar-refractivity contribution in [3.63, 3.8) is 0 Å². The molecular weight excluding hydrogens is 424 g/mol. The Kier molecular flexibility index (Phi) is 5.62. The summed E-state index contributed by atoms with van der Waals surface area (Å²) >= 11 is 0. The average molecular weight is 456 g/mol. The normalized spacial score (nSPS) is 38.1. The fraction of sp³-hybridized carbons (Fsp3) is 0.727. The summed E-state index contributed by atoms with van der Waals surface area (Å²) < 4.78 is 61.4. The zero-order chi connectivity index (χ0) is 21.9. The van der Waals surface area contributed by atoms with Gasteiger partial charge >= 0.3 is 0 Å². The van der Waals surface area contributed by atoms with Crippen LogP contribution in [0.15, 0.2) is 34.7 Å². The van der Waals surface area contributed by atoms with E-state index in [-0.39, 0.29) is 11.3 Å². The molecule has 0 aromatic heterocycles. The van der Waals surface area contributed by atoms with Gasteiger partial charge in [-0.15, -0.1) is 0 Å². The minimum atomic E-state index is -3.16. The van der Waals surface area contributed by atoms with Crippen LogP contribution in [-0.4, -0.2) is 80.0 Å². The Morgan fingerprint density at radius 3 is 2.65 bits per heavy atom. The molecule has 1 saturated carbocycles. The summed E-state index contributed by atoms with van der Waals surface area (Å²) in [6.07, 6.45) is 3.64. The average Bonchev–Trinajstić information content (AvgIpc) is 3.51. The molecule has 5 unspecified atom stereocenters. The fourth-order valence-corrected chi connectivity index (χ4v) is 7.26. The number of halogens is 2. The summed E-state index contributed by atoms with van der Waals surface area (Å²) in [5, 5.41) is -0.178. The van der Waals surface area contributed by atoms with Crippen LogP contribution in [0.2, 0.25) is 0 Å². The summed E-state index contributed by atoms with van der Waals surface area (Å²) in [7, 11) is -3.16. The molecule has 2 fully saturated rings. The van der Waals surface area contributed by atoms with Gasteiger partial charge < -0.3 is 10.5 Å². The van der Waals surface area contributed by atoms with Crippen LogP contribution in [0.5, 0.6) is 0 Å². The summed E-state index contributed by atoms with van der Waals surface area (Å²) in [6, 6.07) is -0.319. The maximum atomic E-state index is 14.4. The molecule has 0 bridgehead atoms. The van der Waals surface area contributed by atoms with Crippen molar-refractivity contribution in [1.29, 1.82) is 0 Å². The maximum Gasteiger partial charge on any atom is 0.217 e. The zero-order valence-electron chi connectivity index (χ0n) is 17.8. The highest BCUT2D eigenvalue weighted by atomic mass is 32.2. The molecule has 6 nitrogen and oxygen atoms in total. The van der Waals surface area contributed by atoms with E-state index >= 15 is 0 Å². The molecule has 5 rings (SSSR count). The zero-order valence-corrected chi connectivity index (χ0v) is 18.7. The Hall–Kier alpha value is -1.13. The first-order chi connectivity index (χ1) is 14.8. The van der Waals surface area contributed by atoms with Crippen molar-refractivity contribution >= 4 is 10.0 Å². The smallest absolute Gasteiger partial charge is 0.217 e. The molecule has 5 aliphatic rings. The van der Waals surface area contributed by atoms with E-state index in [0.29, 0.717) is 31.7 Å². The van der Waals surface area contributed by atoms with E-state index < -0.39 is 40.1 Å². The predicted octanol–water partition coefficient (Wildman–Crippen LogP) is 2.05. The second-order valence-corrected chi connectivity index (χ2v) is 11.9. The minimum Gasteiger partial charge on any atom is -0.370 e.